The third-order valence-electron chi connectivity index (χ3n) is 5.89. The van der Waals surface area contributed by atoms with Crippen molar-refractivity contribution in [1.29, 1.82) is 0 Å². The Morgan fingerprint density at radius 1 is 1.03 bits per heavy atom. The highest BCUT2D eigenvalue weighted by Crippen LogP contribution is 2.25. The van der Waals surface area contributed by atoms with Crippen LogP contribution in [0.3, 0.4) is 0 Å². The molecule has 0 saturated carbocycles. The lowest BCUT2D eigenvalue weighted by Crippen LogP contribution is -2.23. The van der Waals surface area contributed by atoms with E-state index < -0.39 is 11.7 Å². The van der Waals surface area contributed by atoms with E-state index in [1.807, 2.05) is 50.1 Å². The van der Waals surface area contributed by atoms with Gasteiger partial charge in [0.15, 0.2) is 0 Å². The lowest BCUT2D eigenvalue weighted by molar-refractivity contribution is 0.101. The summed E-state index contributed by atoms with van der Waals surface area (Å²) < 4.78 is 16.5. The van der Waals surface area contributed by atoms with Crippen LogP contribution in [0.25, 0.3) is 16.5 Å². The molecule has 0 bridgehead atoms. The average Bonchev–Trinajstić information content (AvgIpc) is 3.40. The number of hydrogen-bond acceptors (Lipinski definition) is 4. The zero-order chi connectivity index (χ0) is 23.1. The maximum absolute atomic E-state index is 14.9. The monoisotopic (exact) mass is 441 g/mol. The van der Waals surface area contributed by atoms with Gasteiger partial charge in [-0.25, -0.2) is 9.07 Å². The van der Waals surface area contributed by atoms with E-state index in [0.717, 1.165) is 34.4 Å². The van der Waals surface area contributed by atoms with E-state index in [1.54, 1.807) is 22.9 Å². The van der Waals surface area contributed by atoms with E-state index in [9.17, 15) is 9.18 Å². The van der Waals surface area contributed by atoms with E-state index in [-0.39, 0.29) is 5.69 Å². The number of anilines is 1. The first kappa shape index (κ1) is 20.9. The minimum atomic E-state index is -0.506. The molecule has 0 aliphatic carbocycles. The van der Waals surface area contributed by atoms with Crippen LogP contribution in [0.15, 0.2) is 65.7 Å². The van der Waals surface area contributed by atoms with Gasteiger partial charge in [0.2, 0.25) is 0 Å². The van der Waals surface area contributed by atoms with E-state index in [4.69, 9.17) is 0 Å². The predicted octanol–water partition coefficient (Wildman–Crippen LogP) is 4.73. The van der Waals surface area contributed by atoms with Crippen LogP contribution < -0.4 is 5.32 Å². The Balaban J connectivity index is 1.47. The normalized spacial score (nSPS) is 13.5. The number of fused-ring (bicyclic) bond motifs is 1. The summed E-state index contributed by atoms with van der Waals surface area (Å²) in [7, 11) is 1.93. The molecule has 1 N–H and O–H groups in total. The van der Waals surface area contributed by atoms with Gasteiger partial charge in [-0.3, -0.25) is 9.79 Å². The van der Waals surface area contributed by atoms with Crippen molar-refractivity contribution in [1.82, 2.24) is 14.7 Å². The molecule has 0 radical (unpaired) electrons. The maximum atomic E-state index is 14.9. The highest BCUT2D eigenvalue weighted by molar-refractivity contribution is 6.04. The van der Waals surface area contributed by atoms with Gasteiger partial charge in [-0.15, -0.1) is 0 Å². The number of benzene rings is 3. The molecule has 3 aromatic carbocycles. The van der Waals surface area contributed by atoms with Gasteiger partial charge < -0.3 is 10.2 Å². The SMILES string of the molecule is Cc1cc(C(=O)Nc2ccc(C3=NCCN3C)cc2F)n(-c2cc3ccccc3cc2C)n1. The topological polar surface area (TPSA) is 62.5 Å². The highest BCUT2D eigenvalue weighted by atomic mass is 19.1. The van der Waals surface area contributed by atoms with Gasteiger partial charge in [0.25, 0.3) is 5.91 Å². The Morgan fingerprint density at radius 3 is 2.48 bits per heavy atom. The van der Waals surface area contributed by atoms with Gasteiger partial charge in [0, 0.05) is 19.2 Å². The van der Waals surface area contributed by atoms with Crippen LogP contribution in [-0.2, 0) is 0 Å². The Labute approximate surface area is 191 Å². The number of hydrogen-bond donors (Lipinski definition) is 1. The van der Waals surface area contributed by atoms with Crippen LogP contribution in [0.2, 0.25) is 0 Å². The van der Waals surface area contributed by atoms with Gasteiger partial charge in [0.05, 0.1) is 23.6 Å². The zero-order valence-electron chi connectivity index (χ0n) is 18.8. The van der Waals surface area contributed by atoms with Crippen LogP contribution in [-0.4, -0.2) is 46.6 Å². The summed E-state index contributed by atoms with van der Waals surface area (Å²) in [6.45, 7) is 5.33. The smallest absolute Gasteiger partial charge is 0.274 e. The molecular formula is C26H24FN5O. The molecule has 1 aliphatic rings. The predicted molar refractivity (Wildman–Crippen MR) is 129 cm³/mol. The molecule has 5 rings (SSSR count). The molecular weight excluding hydrogens is 417 g/mol. The van der Waals surface area contributed by atoms with E-state index in [1.165, 1.54) is 6.07 Å². The molecule has 7 heteroatoms. The first-order valence-corrected chi connectivity index (χ1v) is 10.8. The average molecular weight is 442 g/mol. The Bertz CT molecular complexity index is 1420. The summed E-state index contributed by atoms with van der Waals surface area (Å²) >= 11 is 0. The van der Waals surface area contributed by atoms with Gasteiger partial charge in [-0.05, 0) is 66.6 Å². The molecule has 1 amide bonds. The van der Waals surface area contributed by atoms with Gasteiger partial charge >= 0.3 is 0 Å². The van der Waals surface area contributed by atoms with Crippen molar-refractivity contribution in [3.63, 3.8) is 0 Å². The quantitative estimate of drug-likeness (QED) is 0.498. The van der Waals surface area contributed by atoms with Crippen molar-refractivity contribution in [2.45, 2.75) is 13.8 Å². The molecule has 0 saturated heterocycles. The van der Waals surface area contributed by atoms with Crippen molar-refractivity contribution < 1.29 is 9.18 Å². The number of amides is 1. The van der Waals surface area contributed by atoms with Crippen LogP contribution in [0.4, 0.5) is 10.1 Å². The molecule has 1 aromatic heterocycles. The Kier molecular flexibility index (Phi) is 5.17. The summed E-state index contributed by atoms with van der Waals surface area (Å²) in [5.74, 6) is -0.175. The first-order chi connectivity index (χ1) is 15.9. The van der Waals surface area contributed by atoms with E-state index >= 15 is 0 Å². The number of nitrogens with zero attached hydrogens (tertiary/aromatic N) is 4. The molecule has 0 atom stereocenters. The second-order valence-corrected chi connectivity index (χ2v) is 8.34. The summed E-state index contributed by atoms with van der Waals surface area (Å²) in [6.07, 6.45) is 0. The minimum Gasteiger partial charge on any atom is -0.358 e. The van der Waals surface area contributed by atoms with Crippen LogP contribution in [0.1, 0.15) is 27.3 Å². The summed E-state index contributed by atoms with van der Waals surface area (Å²) in [4.78, 5) is 19.6. The number of rotatable bonds is 4. The number of likely N-dealkylation sites (N-methyl/N-ethyl adjacent to an activating group) is 1. The number of amidine groups is 1. The molecule has 2 heterocycles. The minimum absolute atomic E-state index is 0.116. The number of aromatic nitrogens is 2. The Morgan fingerprint density at radius 2 is 1.79 bits per heavy atom. The fourth-order valence-corrected chi connectivity index (χ4v) is 4.20. The molecule has 0 fully saturated rings. The van der Waals surface area contributed by atoms with Crippen molar-refractivity contribution >= 4 is 28.2 Å². The molecule has 0 spiro atoms. The summed E-state index contributed by atoms with van der Waals surface area (Å²) in [6, 6.07) is 18.6. The molecule has 6 nitrogen and oxygen atoms in total. The highest BCUT2D eigenvalue weighted by Gasteiger charge is 2.20. The molecule has 0 unspecified atom stereocenters. The van der Waals surface area contributed by atoms with Crippen molar-refractivity contribution in [3.8, 4) is 5.69 Å². The van der Waals surface area contributed by atoms with E-state index in [0.29, 0.717) is 23.5 Å². The van der Waals surface area contributed by atoms with Gasteiger partial charge in [0.1, 0.15) is 17.3 Å². The number of carbonyl (C=O) groups is 1. The molecule has 166 valence electrons. The Hall–Kier alpha value is -4.00. The number of nitrogens with one attached hydrogen (secondary N) is 1. The van der Waals surface area contributed by atoms with Crippen molar-refractivity contribution in [3.05, 3.63) is 89.0 Å². The lowest BCUT2D eigenvalue weighted by atomic mass is 10.1. The lowest BCUT2D eigenvalue weighted by Gasteiger charge is -2.15. The second kappa shape index (κ2) is 8.16. The van der Waals surface area contributed by atoms with Crippen molar-refractivity contribution in [2.24, 2.45) is 4.99 Å². The molecule has 33 heavy (non-hydrogen) atoms. The third kappa shape index (κ3) is 3.86. The van der Waals surface area contributed by atoms with Crippen LogP contribution in [0, 0.1) is 19.7 Å². The summed E-state index contributed by atoms with van der Waals surface area (Å²) in [5.41, 5.74) is 3.65. The fourth-order valence-electron chi connectivity index (χ4n) is 4.20. The first-order valence-electron chi connectivity index (χ1n) is 10.8. The number of carbonyl (C=O) groups excluding carboxylic acids is 1. The summed E-state index contributed by atoms with van der Waals surface area (Å²) in [5, 5.41) is 9.43. The standard InChI is InChI=1S/C26H24FN5O/c1-16-12-18-6-4-5-7-19(18)15-23(16)32-24(13-17(2)30-32)26(33)29-22-9-8-20(14-21(22)27)25-28-10-11-31(25)3/h4-9,12-15H,10-11H2,1-3H3,(H,29,33). The zero-order valence-corrected chi connectivity index (χ0v) is 18.8. The van der Waals surface area contributed by atoms with Gasteiger partial charge in [-0.2, -0.15) is 5.10 Å². The van der Waals surface area contributed by atoms with Crippen LogP contribution in [0.5, 0.6) is 0 Å². The number of aliphatic imine (C=N–C) groups is 1. The number of aryl methyl sites for hydroxylation is 2. The fraction of sp³-hybridized carbons (Fsp3) is 0.192. The van der Waals surface area contributed by atoms with Crippen LogP contribution >= 0.6 is 0 Å². The maximum Gasteiger partial charge on any atom is 0.274 e. The molecule has 1 aliphatic heterocycles. The van der Waals surface area contributed by atoms with Gasteiger partial charge in [-0.1, -0.05) is 24.3 Å². The second-order valence-electron chi connectivity index (χ2n) is 8.34. The largest absolute Gasteiger partial charge is 0.358 e. The number of halogens is 1. The third-order valence-corrected chi connectivity index (χ3v) is 5.89. The van der Waals surface area contributed by atoms with Crippen molar-refractivity contribution in [2.75, 3.05) is 25.5 Å². The van der Waals surface area contributed by atoms with E-state index in [2.05, 4.69) is 27.5 Å². The molecule has 4 aromatic rings.